The van der Waals surface area contributed by atoms with E-state index in [0.29, 0.717) is 36.6 Å². The number of aromatic hydroxyl groups is 1. The second-order valence-corrected chi connectivity index (χ2v) is 10.8. The third-order valence-electron chi connectivity index (χ3n) is 9.10. The summed E-state index contributed by atoms with van der Waals surface area (Å²) in [7, 11) is 6.65. The second kappa shape index (κ2) is 10.9. The summed E-state index contributed by atoms with van der Waals surface area (Å²) in [5.74, 6) is 3.15. The molecule has 1 saturated heterocycles. The lowest BCUT2D eigenvalue weighted by atomic mass is 9.72. The highest BCUT2D eigenvalue weighted by Crippen LogP contribution is 2.49. The third-order valence-corrected chi connectivity index (χ3v) is 9.10. The van der Waals surface area contributed by atoms with E-state index in [1.807, 2.05) is 17.0 Å². The summed E-state index contributed by atoms with van der Waals surface area (Å²) >= 11 is 0. The highest BCUT2D eigenvalue weighted by Gasteiger charge is 2.42. The predicted molar refractivity (Wildman–Crippen MR) is 146 cm³/mol. The maximum absolute atomic E-state index is 13.0. The number of amides is 2. The topological polar surface area (TPSA) is 83.5 Å². The molecule has 2 amide bonds. The van der Waals surface area contributed by atoms with Crippen LogP contribution in [0.25, 0.3) is 0 Å². The zero-order valence-electron chi connectivity index (χ0n) is 23.3. The van der Waals surface area contributed by atoms with Gasteiger partial charge in [-0.2, -0.15) is 0 Å². The van der Waals surface area contributed by atoms with Gasteiger partial charge in [-0.1, -0.05) is 13.3 Å². The standard InChI is InChI=1S/C30H41N3O5/c1-6-18-17-32-9-7-20-14-28(37-4)29(38-5)16-22(20)24(32)11-21(18)12-25-23-15-27(36-3)26(34)13-19(23)8-10-33(25)30(35)31-2/h13-16,18,21,24-25,34H,6-12,17H2,1-5H3,(H,31,35)/t18-,21+,24+,25-/m0/s1. The van der Waals surface area contributed by atoms with Crippen LogP contribution >= 0.6 is 0 Å². The molecule has 4 atom stereocenters. The highest BCUT2D eigenvalue weighted by molar-refractivity contribution is 5.75. The van der Waals surface area contributed by atoms with Gasteiger partial charge in [-0.05, 0) is 84.0 Å². The first-order valence-electron chi connectivity index (χ1n) is 13.8. The van der Waals surface area contributed by atoms with Gasteiger partial charge in [-0.25, -0.2) is 4.79 Å². The van der Waals surface area contributed by atoms with Crippen molar-refractivity contribution >= 4 is 6.03 Å². The number of hydrogen-bond donors (Lipinski definition) is 2. The van der Waals surface area contributed by atoms with Crippen LogP contribution in [0.15, 0.2) is 24.3 Å². The third kappa shape index (κ3) is 4.64. The molecule has 2 aromatic rings. The Morgan fingerprint density at radius 3 is 2.29 bits per heavy atom. The lowest BCUT2D eigenvalue weighted by molar-refractivity contribution is 0.0352. The molecular formula is C30H41N3O5. The number of carbonyl (C=O) groups is 1. The van der Waals surface area contributed by atoms with E-state index in [0.717, 1.165) is 61.4 Å². The summed E-state index contributed by atoms with van der Waals surface area (Å²) in [4.78, 5) is 17.6. The Bertz CT molecular complexity index is 1180. The normalized spacial score (nSPS) is 24.6. The van der Waals surface area contributed by atoms with E-state index in [4.69, 9.17) is 14.2 Å². The van der Waals surface area contributed by atoms with Crippen LogP contribution in [0.5, 0.6) is 23.0 Å². The van der Waals surface area contributed by atoms with Gasteiger partial charge in [-0.15, -0.1) is 0 Å². The van der Waals surface area contributed by atoms with E-state index in [-0.39, 0.29) is 17.8 Å². The maximum atomic E-state index is 13.0. The molecule has 0 aliphatic carbocycles. The molecular weight excluding hydrogens is 482 g/mol. The predicted octanol–water partition coefficient (Wildman–Crippen LogP) is 4.69. The Morgan fingerprint density at radius 1 is 0.947 bits per heavy atom. The molecule has 38 heavy (non-hydrogen) atoms. The molecule has 2 N–H and O–H groups in total. The van der Waals surface area contributed by atoms with Crippen molar-refractivity contribution in [2.75, 3.05) is 48.0 Å². The van der Waals surface area contributed by atoms with Crippen molar-refractivity contribution in [2.45, 2.75) is 51.1 Å². The number of rotatable bonds is 6. The minimum Gasteiger partial charge on any atom is -0.504 e. The molecule has 8 nitrogen and oxygen atoms in total. The summed E-state index contributed by atoms with van der Waals surface area (Å²) in [6.07, 6.45) is 4.73. The van der Waals surface area contributed by atoms with E-state index in [2.05, 4.69) is 29.3 Å². The fourth-order valence-corrected chi connectivity index (χ4v) is 7.07. The Morgan fingerprint density at radius 2 is 1.61 bits per heavy atom. The summed E-state index contributed by atoms with van der Waals surface area (Å²) in [5, 5.41) is 13.3. The van der Waals surface area contributed by atoms with Gasteiger partial charge in [0.1, 0.15) is 0 Å². The van der Waals surface area contributed by atoms with Crippen molar-refractivity contribution in [3.8, 4) is 23.0 Å². The largest absolute Gasteiger partial charge is 0.504 e. The smallest absolute Gasteiger partial charge is 0.317 e. The Kier molecular flexibility index (Phi) is 7.61. The lowest BCUT2D eigenvalue weighted by Gasteiger charge is -2.49. The van der Waals surface area contributed by atoms with Crippen molar-refractivity contribution < 1.29 is 24.1 Å². The molecule has 1 fully saturated rings. The van der Waals surface area contributed by atoms with Crippen molar-refractivity contribution in [2.24, 2.45) is 11.8 Å². The molecule has 0 saturated carbocycles. The van der Waals surface area contributed by atoms with Crippen LogP contribution in [0.4, 0.5) is 4.79 Å². The summed E-state index contributed by atoms with van der Waals surface area (Å²) in [6.45, 7) is 5.01. The Labute approximate surface area is 225 Å². The van der Waals surface area contributed by atoms with E-state index < -0.39 is 0 Å². The van der Waals surface area contributed by atoms with Crippen LogP contribution in [-0.2, 0) is 12.8 Å². The average molecular weight is 524 g/mol. The zero-order valence-corrected chi connectivity index (χ0v) is 23.3. The van der Waals surface area contributed by atoms with Crippen LogP contribution in [-0.4, -0.2) is 68.9 Å². The van der Waals surface area contributed by atoms with Crippen molar-refractivity contribution in [3.63, 3.8) is 0 Å². The van der Waals surface area contributed by atoms with Gasteiger partial charge in [-0.3, -0.25) is 4.90 Å². The molecule has 206 valence electrons. The molecule has 3 heterocycles. The number of phenols is 1. The number of methoxy groups -OCH3 is 3. The molecule has 0 radical (unpaired) electrons. The minimum atomic E-state index is -0.0766. The van der Waals surface area contributed by atoms with Crippen LogP contribution < -0.4 is 19.5 Å². The van der Waals surface area contributed by atoms with Gasteiger partial charge < -0.3 is 29.5 Å². The van der Waals surface area contributed by atoms with E-state index in [1.165, 1.54) is 11.1 Å². The lowest BCUT2D eigenvalue weighted by Crippen LogP contribution is -2.48. The zero-order chi connectivity index (χ0) is 27.0. The summed E-state index contributed by atoms with van der Waals surface area (Å²) < 4.78 is 16.7. The van der Waals surface area contributed by atoms with Gasteiger partial charge in [0.05, 0.1) is 27.4 Å². The van der Waals surface area contributed by atoms with Crippen LogP contribution in [0.2, 0.25) is 0 Å². The molecule has 0 spiro atoms. The molecule has 0 bridgehead atoms. The number of urea groups is 1. The summed E-state index contributed by atoms with van der Waals surface area (Å²) in [6, 6.07) is 8.26. The number of benzene rings is 2. The van der Waals surface area contributed by atoms with Crippen molar-refractivity contribution in [3.05, 3.63) is 46.5 Å². The van der Waals surface area contributed by atoms with E-state index >= 15 is 0 Å². The molecule has 8 heteroatoms. The fourth-order valence-electron chi connectivity index (χ4n) is 7.07. The number of nitrogens with one attached hydrogen (secondary N) is 1. The van der Waals surface area contributed by atoms with Crippen LogP contribution in [0, 0.1) is 11.8 Å². The van der Waals surface area contributed by atoms with Crippen molar-refractivity contribution in [1.29, 1.82) is 0 Å². The second-order valence-electron chi connectivity index (χ2n) is 10.8. The Balaban J connectivity index is 1.50. The van der Waals surface area contributed by atoms with Gasteiger partial charge in [0.25, 0.3) is 0 Å². The number of hydrogen-bond acceptors (Lipinski definition) is 6. The molecule has 0 unspecified atom stereocenters. The first-order chi connectivity index (χ1) is 18.4. The first-order valence-corrected chi connectivity index (χ1v) is 13.8. The van der Waals surface area contributed by atoms with E-state index in [1.54, 1.807) is 28.4 Å². The number of phenolic OH excluding ortho intramolecular Hbond substituents is 1. The van der Waals surface area contributed by atoms with E-state index in [9.17, 15) is 9.90 Å². The maximum Gasteiger partial charge on any atom is 0.317 e. The first kappa shape index (κ1) is 26.5. The molecule has 0 aromatic heterocycles. The SMILES string of the molecule is CC[C@H]1CN2CCc3cc(OC)c(OC)cc3[C@H]2C[C@@H]1C[C@H]1c2cc(OC)c(O)cc2CCN1C(=O)NC. The minimum absolute atomic E-state index is 0.0574. The van der Waals surface area contributed by atoms with Gasteiger partial charge in [0, 0.05) is 32.7 Å². The molecule has 2 aromatic carbocycles. The van der Waals surface area contributed by atoms with Crippen LogP contribution in [0.1, 0.15) is 60.5 Å². The molecule has 3 aliphatic rings. The van der Waals surface area contributed by atoms with Crippen LogP contribution in [0.3, 0.4) is 0 Å². The number of ether oxygens (including phenoxy) is 3. The van der Waals surface area contributed by atoms with Gasteiger partial charge in [0.15, 0.2) is 23.0 Å². The highest BCUT2D eigenvalue weighted by atomic mass is 16.5. The average Bonchev–Trinajstić information content (AvgIpc) is 2.95. The van der Waals surface area contributed by atoms with Gasteiger partial charge in [0.2, 0.25) is 0 Å². The van der Waals surface area contributed by atoms with Gasteiger partial charge >= 0.3 is 6.03 Å². The Hall–Kier alpha value is -3.13. The number of nitrogens with zero attached hydrogens (tertiary/aromatic N) is 2. The van der Waals surface area contributed by atoms with Crippen molar-refractivity contribution in [1.82, 2.24) is 15.1 Å². The fraction of sp³-hybridized carbons (Fsp3) is 0.567. The molecule has 3 aliphatic heterocycles. The number of piperidine rings is 1. The number of carbonyl (C=O) groups excluding carboxylic acids is 1. The molecule has 5 rings (SSSR count). The summed E-state index contributed by atoms with van der Waals surface area (Å²) in [5.41, 5.74) is 4.86. The monoisotopic (exact) mass is 523 g/mol. The quantitative estimate of drug-likeness (QED) is 0.572. The number of fused-ring (bicyclic) bond motifs is 4.